The van der Waals surface area contributed by atoms with Crippen molar-refractivity contribution in [3.63, 3.8) is 0 Å². The zero-order valence-corrected chi connectivity index (χ0v) is 20.0. The SMILES string of the molecule is CCOc1ccccc1CNCc1nc(Cc2ccccc2)n(-c2ccc(S(N)(=O)=O)cc2F)n1. The van der Waals surface area contributed by atoms with Crippen molar-refractivity contribution in [2.75, 3.05) is 6.61 Å². The van der Waals surface area contributed by atoms with Crippen LogP contribution in [0.2, 0.25) is 0 Å². The van der Waals surface area contributed by atoms with Crippen molar-refractivity contribution in [2.24, 2.45) is 5.14 Å². The molecule has 0 aliphatic rings. The minimum Gasteiger partial charge on any atom is -0.494 e. The number of sulfonamides is 1. The van der Waals surface area contributed by atoms with E-state index in [2.05, 4.69) is 15.4 Å². The minimum atomic E-state index is -4.03. The molecule has 3 N–H and O–H groups in total. The molecule has 35 heavy (non-hydrogen) atoms. The van der Waals surface area contributed by atoms with E-state index >= 15 is 0 Å². The summed E-state index contributed by atoms with van der Waals surface area (Å²) in [5.41, 5.74) is 2.07. The Hall–Kier alpha value is -3.60. The number of ether oxygens (including phenoxy) is 1. The Morgan fingerprint density at radius 3 is 2.49 bits per heavy atom. The molecule has 0 spiro atoms. The molecule has 0 saturated carbocycles. The third-order valence-electron chi connectivity index (χ3n) is 5.27. The summed E-state index contributed by atoms with van der Waals surface area (Å²) in [6, 6.07) is 20.9. The lowest BCUT2D eigenvalue weighted by molar-refractivity contribution is 0.335. The van der Waals surface area contributed by atoms with E-state index in [0.717, 1.165) is 22.9 Å². The van der Waals surface area contributed by atoms with Crippen molar-refractivity contribution in [3.8, 4) is 11.4 Å². The predicted molar refractivity (Wildman–Crippen MR) is 130 cm³/mol. The van der Waals surface area contributed by atoms with Gasteiger partial charge in [0.25, 0.3) is 0 Å². The highest BCUT2D eigenvalue weighted by atomic mass is 32.2. The largest absolute Gasteiger partial charge is 0.494 e. The molecule has 0 radical (unpaired) electrons. The summed E-state index contributed by atoms with van der Waals surface area (Å²) in [6.45, 7) is 3.38. The van der Waals surface area contributed by atoms with E-state index in [0.29, 0.717) is 37.8 Å². The lowest BCUT2D eigenvalue weighted by Crippen LogP contribution is -2.15. The van der Waals surface area contributed by atoms with Crippen LogP contribution in [0.5, 0.6) is 5.75 Å². The first-order valence-electron chi connectivity index (χ1n) is 11.1. The second-order valence-electron chi connectivity index (χ2n) is 7.82. The summed E-state index contributed by atoms with van der Waals surface area (Å²) in [5, 5.41) is 13.0. The van der Waals surface area contributed by atoms with Crippen LogP contribution in [0.3, 0.4) is 0 Å². The second-order valence-corrected chi connectivity index (χ2v) is 9.38. The number of para-hydroxylation sites is 1. The van der Waals surface area contributed by atoms with E-state index in [-0.39, 0.29) is 10.6 Å². The second kappa shape index (κ2) is 10.8. The van der Waals surface area contributed by atoms with Crippen LogP contribution in [0.15, 0.2) is 77.7 Å². The molecular weight excluding hydrogens is 469 g/mol. The van der Waals surface area contributed by atoms with Gasteiger partial charge in [0.15, 0.2) is 5.82 Å². The van der Waals surface area contributed by atoms with Crippen LogP contribution in [0.25, 0.3) is 5.69 Å². The number of hydrogen-bond donors (Lipinski definition) is 2. The topological polar surface area (TPSA) is 112 Å². The molecule has 10 heteroatoms. The molecule has 0 bridgehead atoms. The lowest BCUT2D eigenvalue weighted by atomic mass is 10.1. The molecular formula is C25H26FN5O3S. The highest BCUT2D eigenvalue weighted by Crippen LogP contribution is 2.21. The van der Waals surface area contributed by atoms with Crippen LogP contribution >= 0.6 is 0 Å². The van der Waals surface area contributed by atoms with Crippen LogP contribution in [-0.2, 0) is 29.5 Å². The summed E-state index contributed by atoms with van der Waals surface area (Å²) in [5.74, 6) is 1.04. The summed E-state index contributed by atoms with van der Waals surface area (Å²) >= 11 is 0. The van der Waals surface area contributed by atoms with E-state index in [4.69, 9.17) is 9.88 Å². The zero-order chi connectivity index (χ0) is 24.8. The van der Waals surface area contributed by atoms with Crippen LogP contribution in [0.1, 0.15) is 29.7 Å². The van der Waals surface area contributed by atoms with Gasteiger partial charge in [-0.3, -0.25) is 0 Å². The van der Waals surface area contributed by atoms with Gasteiger partial charge in [0.1, 0.15) is 23.1 Å². The van der Waals surface area contributed by atoms with Crippen molar-refractivity contribution in [1.29, 1.82) is 0 Å². The predicted octanol–water partition coefficient (Wildman–Crippen LogP) is 3.33. The van der Waals surface area contributed by atoms with Gasteiger partial charge in [0, 0.05) is 18.5 Å². The number of primary sulfonamides is 1. The smallest absolute Gasteiger partial charge is 0.238 e. The average molecular weight is 496 g/mol. The Balaban J connectivity index is 1.61. The Morgan fingerprint density at radius 1 is 1.03 bits per heavy atom. The number of nitrogens with two attached hydrogens (primary N) is 1. The van der Waals surface area contributed by atoms with Gasteiger partial charge in [-0.15, -0.1) is 5.10 Å². The first-order valence-corrected chi connectivity index (χ1v) is 12.6. The van der Waals surface area contributed by atoms with Gasteiger partial charge >= 0.3 is 0 Å². The van der Waals surface area contributed by atoms with Crippen molar-refractivity contribution in [1.82, 2.24) is 20.1 Å². The van der Waals surface area contributed by atoms with E-state index in [9.17, 15) is 12.8 Å². The summed E-state index contributed by atoms with van der Waals surface area (Å²) < 4.78 is 45.2. The molecule has 3 aromatic carbocycles. The summed E-state index contributed by atoms with van der Waals surface area (Å²) in [7, 11) is -4.03. The van der Waals surface area contributed by atoms with Crippen molar-refractivity contribution in [3.05, 3.63) is 101 Å². The van der Waals surface area contributed by atoms with Crippen LogP contribution in [-0.4, -0.2) is 29.8 Å². The molecule has 1 aromatic heterocycles. The number of hydrogen-bond acceptors (Lipinski definition) is 6. The van der Waals surface area contributed by atoms with Gasteiger partial charge in [0.05, 0.1) is 18.0 Å². The van der Waals surface area contributed by atoms with Gasteiger partial charge in [0.2, 0.25) is 10.0 Å². The summed E-state index contributed by atoms with van der Waals surface area (Å²) in [4.78, 5) is 4.33. The van der Waals surface area contributed by atoms with Gasteiger partial charge in [-0.1, -0.05) is 48.5 Å². The maximum atomic E-state index is 14.9. The maximum Gasteiger partial charge on any atom is 0.238 e. The number of benzene rings is 3. The van der Waals surface area contributed by atoms with Crippen LogP contribution < -0.4 is 15.2 Å². The lowest BCUT2D eigenvalue weighted by Gasteiger charge is -2.10. The minimum absolute atomic E-state index is 0.0868. The van der Waals surface area contributed by atoms with Gasteiger partial charge in [-0.25, -0.2) is 27.6 Å². The highest BCUT2D eigenvalue weighted by Gasteiger charge is 2.18. The molecule has 0 aliphatic carbocycles. The molecule has 0 amide bonds. The van der Waals surface area contributed by atoms with Gasteiger partial charge < -0.3 is 10.1 Å². The first kappa shape index (κ1) is 24.5. The molecule has 0 aliphatic heterocycles. The quantitative estimate of drug-likeness (QED) is 0.349. The fraction of sp³-hybridized carbons (Fsp3) is 0.200. The van der Waals surface area contributed by atoms with Crippen molar-refractivity contribution < 1.29 is 17.5 Å². The van der Waals surface area contributed by atoms with Crippen molar-refractivity contribution in [2.45, 2.75) is 31.3 Å². The Morgan fingerprint density at radius 2 is 1.77 bits per heavy atom. The third kappa shape index (κ3) is 6.10. The Kier molecular flexibility index (Phi) is 7.54. The number of halogens is 1. The normalized spacial score (nSPS) is 11.5. The standard InChI is InChI=1S/C25H26FN5O3S/c1-2-34-23-11-7-6-10-19(23)16-28-17-24-29-25(14-18-8-4-3-5-9-18)31(30-24)22-13-12-20(15-21(22)26)35(27,32)33/h3-13,15,28H,2,14,16-17H2,1H3,(H2,27,32,33). The average Bonchev–Trinajstić information content (AvgIpc) is 3.22. The fourth-order valence-corrected chi connectivity index (χ4v) is 4.17. The molecule has 4 rings (SSSR count). The Bertz CT molecular complexity index is 1410. The number of nitrogens with one attached hydrogen (secondary N) is 1. The number of nitrogens with zero attached hydrogens (tertiary/aromatic N) is 3. The monoisotopic (exact) mass is 495 g/mol. The van der Waals surface area contributed by atoms with E-state index in [1.807, 2.05) is 61.5 Å². The molecule has 1 heterocycles. The molecule has 0 fully saturated rings. The molecule has 0 saturated heterocycles. The highest BCUT2D eigenvalue weighted by molar-refractivity contribution is 7.89. The molecule has 182 valence electrons. The van der Waals surface area contributed by atoms with Crippen LogP contribution in [0.4, 0.5) is 4.39 Å². The van der Waals surface area contributed by atoms with Crippen molar-refractivity contribution >= 4 is 10.0 Å². The molecule has 8 nitrogen and oxygen atoms in total. The maximum absolute atomic E-state index is 14.9. The summed E-state index contributed by atoms with van der Waals surface area (Å²) in [6.07, 6.45) is 0.414. The molecule has 0 atom stereocenters. The number of aromatic nitrogens is 3. The zero-order valence-electron chi connectivity index (χ0n) is 19.2. The van der Waals surface area contributed by atoms with Gasteiger partial charge in [-0.05, 0) is 36.8 Å². The van der Waals surface area contributed by atoms with E-state index in [1.54, 1.807) is 0 Å². The van der Waals surface area contributed by atoms with E-state index in [1.165, 1.54) is 16.8 Å². The number of rotatable bonds is 10. The first-order chi connectivity index (χ1) is 16.8. The van der Waals surface area contributed by atoms with Gasteiger partial charge in [-0.2, -0.15) is 0 Å². The van der Waals surface area contributed by atoms with Crippen LogP contribution in [0, 0.1) is 5.82 Å². The molecule has 4 aromatic rings. The molecule has 0 unspecified atom stereocenters. The fourth-order valence-electron chi connectivity index (χ4n) is 3.64. The Labute approximate surface area is 203 Å². The third-order valence-corrected chi connectivity index (χ3v) is 6.18. The van der Waals surface area contributed by atoms with E-state index < -0.39 is 15.8 Å².